The van der Waals surface area contributed by atoms with Crippen molar-refractivity contribution in [1.29, 1.82) is 0 Å². The lowest BCUT2D eigenvalue weighted by Gasteiger charge is -2.25. The van der Waals surface area contributed by atoms with E-state index in [0.29, 0.717) is 23.1 Å². The summed E-state index contributed by atoms with van der Waals surface area (Å²) in [6, 6.07) is 4.99. The fourth-order valence-electron chi connectivity index (χ4n) is 3.44. The summed E-state index contributed by atoms with van der Waals surface area (Å²) in [7, 11) is 0. The average molecular weight is 341 g/mol. The highest BCUT2D eigenvalue weighted by Crippen LogP contribution is 2.26. The van der Waals surface area contributed by atoms with Crippen molar-refractivity contribution < 1.29 is 9.59 Å². The van der Waals surface area contributed by atoms with E-state index in [4.69, 9.17) is 0 Å². The highest BCUT2D eigenvalue weighted by molar-refractivity contribution is 5.99. The molecule has 1 N–H and O–H groups in total. The molecule has 25 heavy (non-hydrogen) atoms. The molecule has 0 spiro atoms. The molecule has 0 radical (unpaired) electrons. The number of benzene rings is 1. The van der Waals surface area contributed by atoms with Crippen molar-refractivity contribution in [2.75, 3.05) is 0 Å². The second kappa shape index (κ2) is 6.10. The quantitative estimate of drug-likeness (QED) is 0.850. The van der Waals surface area contributed by atoms with Crippen molar-refractivity contribution in [3.8, 4) is 0 Å². The van der Waals surface area contributed by atoms with Crippen LogP contribution < -0.4 is 10.9 Å². The van der Waals surface area contributed by atoms with Crippen molar-refractivity contribution in [2.24, 2.45) is 5.41 Å². The molecule has 1 fully saturated rings. The zero-order chi connectivity index (χ0) is 18.4. The summed E-state index contributed by atoms with van der Waals surface area (Å²) in [5.74, 6) is -0.245. The smallest absolute Gasteiger partial charge is 0.262 e. The summed E-state index contributed by atoms with van der Waals surface area (Å²) in [6.07, 6.45) is 1.28. The van der Waals surface area contributed by atoms with Gasteiger partial charge in [0.1, 0.15) is 11.9 Å². The van der Waals surface area contributed by atoms with Gasteiger partial charge in [-0.3, -0.25) is 24.3 Å². The number of aryl methyl sites for hydroxylation is 1. The summed E-state index contributed by atoms with van der Waals surface area (Å²) in [4.78, 5) is 41.4. The molecule has 3 rings (SSSR count). The van der Waals surface area contributed by atoms with Crippen molar-refractivity contribution in [3.05, 3.63) is 39.9 Å². The lowest BCUT2D eigenvalue weighted by atomic mass is 9.87. The van der Waals surface area contributed by atoms with Gasteiger partial charge in [0.15, 0.2) is 0 Å². The standard InChI is InChI=1S/C19H23N3O3/c1-11-20-13-7-5-6-12(10-19(2,3)4)16(13)18(25)22(11)14-8-9-15(23)21-17(14)24/h5-7,14H,8-10H2,1-4H3,(H,21,23,24). The second-order valence-corrected chi connectivity index (χ2v) is 7.85. The number of hydrogen-bond acceptors (Lipinski definition) is 4. The van der Waals surface area contributed by atoms with E-state index in [1.165, 1.54) is 4.57 Å². The number of piperidine rings is 1. The molecule has 1 unspecified atom stereocenters. The molecule has 6 heteroatoms. The van der Waals surface area contributed by atoms with Crippen LogP contribution in [-0.2, 0) is 16.0 Å². The molecule has 1 aromatic carbocycles. The van der Waals surface area contributed by atoms with E-state index in [1.807, 2.05) is 18.2 Å². The number of nitrogens with zero attached hydrogens (tertiary/aromatic N) is 2. The first kappa shape index (κ1) is 17.3. The van der Waals surface area contributed by atoms with Crippen molar-refractivity contribution in [2.45, 2.75) is 53.0 Å². The predicted molar refractivity (Wildman–Crippen MR) is 95.3 cm³/mol. The summed E-state index contributed by atoms with van der Waals surface area (Å²) >= 11 is 0. The zero-order valence-electron chi connectivity index (χ0n) is 15.0. The monoisotopic (exact) mass is 341 g/mol. The van der Waals surface area contributed by atoms with Gasteiger partial charge in [0.25, 0.3) is 5.56 Å². The first-order valence-corrected chi connectivity index (χ1v) is 8.52. The zero-order valence-corrected chi connectivity index (χ0v) is 15.0. The maximum absolute atomic E-state index is 13.2. The summed E-state index contributed by atoms with van der Waals surface area (Å²) in [6.45, 7) is 8.07. The molecule has 2 amide bonds. The van der Waals surface area contributed by atoms with Crippen LogP contribution in [-0.4, -0.2) is 21.4 Å². The minimum absolute atomic E-state index is 0.0189. The Labute approximate surface area is 146 Å². The van der Waals surface area contributed by atoms with E-state index in [2.05, 4.69) is 31.1 Å². The number of fused-ring (bicyclic) bond motifs is 1. The first-order valence-electron chi connectivity index (χ1n) is 8.52. The van der Waals surface area contributed by atoms with Gasteiger partial charge < -0.3 is 0 Å². The van der Waals surface area contributed by atoms with Gasteiger partial charge in [-0.15, -0.1) is 0 Å². The molecule has 0 bridgehead atoms. The normalized spacial score (nSPS) is 18.5. The van der Waals surface area contributed by atoms with Gasteiger partial charge in [-0.05, 0) is 36.8 Å². The summed E-state index contributed by atoms with van der Waals surface area (Å²) in [5, 5.41) is 2.88. The van der Waals surface area contributed by atoms with Gasteiger partial charge in [0.2, 0.25) is 11.8 Å². The maximum Gasteiger partial charge on any atom is 0.262 e. The Hall–Kier alpha value is -2.50. The fourth-order valence-corrected chi connectivity index (χ4v) is 3.44. The number of hydrogen-bond donors (Lipinski definition) is 1. The van der Waals surface area contributed by atoms with E-state index in [-0.39, 0.29) is 23.3 Å². The molecule has 132 valence electrons. The number of imide groups is 1. The number of carbonyl (C=O) groups is 2. The molecule has 1 aliphatic rings. The highest BCUT2D eigenvalue weighted by Gasteiger charge is 2.31. The Balaban J connectivity index is 2.21. The van der Waals surface area contributed by atoms with Crippen LogP contribution in [0.4, 0.5) is 0 Å². The van der Waals surface area contributed by atoms with Gasteiger partial charge in [-0.25, -0.2) is 4.98 Å². The minimum atomic E-state index is -0.690. The molecule has 1 aromatic heterocycles. The van der Waals surface area contributed by atoms with Crippen LogP contribution in [0, 0.1) is 12.3 Å². The van der Waals surface area contributed by atoms with Crippen LogP contribution in [0.1, 0.15) is 51.0 Å². The van der Waals surface area contributed by atoms with E-state index >= 15 is 0 Å². The second-order valence-electron chi connectivity index (χ2n) is 7.85. The van der Waals surface area contributed by atoms with Crippen LogP contribution in [0.5, 0.6) is 0 Å². The topological polar surface area (TPSA) is 81.1 Å². The minimum Gasteiger partial charge on any atom is -0.295 e. The first-order chi connectivity index (χ1) is 11.7. The van der Waals surface area contributed by atoms with Crippen molar-refractivity contribution in [1.82, 2.24) is 14.9 Å². The van der Waals surface area contributed by atoms with Gasteiger partial charge in [-0.2, -0.15) is 0 Å². The Morgan fingerprint density at radius 3 is 2.60 bits per heavy atom. The number of aromatic nitrogens is 2. The molecule has 0 saturated carbocycles. The van der Waals surface area contributed by atoms with E-state index < -0.39 is 11.9 Å². The largest absolute Gasteiger partial charge is 0.295 e. The third-order valence-electron chi connectivity index (χ3n) is 4.43. The van der Waals surface area contributed by atoms with Crippen LogP contribution in [0.2, 0.25) is 0 Å². The summed E-state index contributed by atoms with van der Waals surface area (Å²) < 4.78 is 1.44. The molecule has 6 nitrogen and oxygen atoms in total. The third kappa shape index (κ3) is 3.34. The van der Waals surface area contributed by atoms with E-state index in [9.17, 15) is 14.4 Å². The van der Waals surface area contributed by atoms with Gasteiger partial charge in [0.05, 0.1) is 10.9 Å². The lowest BCUT2D eigenvalue weighted by molar-refractivity contribution is -0.135. The Morgan fingerprint density at radius 2 is 1.96 bits per heavy atom. The maximum atomic E-state index is 13.2. The van der Waals surface area contributed by atoms with Gasteiger partial charge >= 0.3 is 0 Å². The number of amides is 2. The molecule has 1 aliphatic heterocycles. The Kier molecular flexibility index (Phi) is 4.22. The van der Waals surface area contributed by atoms with Crippen molar-refractivity contribution >= 4 is 22.7 Å². The molecule has 1 saturated heterocycles. The van der Waals surface area contributed by atoms with Gasteiger partial charge in [0, 0.05) is 6.42 Å². The predicted octanol–water partition coefficient (Wildman–Crippen LogP) is 2.27. The average Bonchev–Trinajstić information content (AvgIpc) is 2.47. The molecule has 0 aliphatic carbocycles. The van der Waals surface area contributed by atoms with E-state index in [0.717, 1.165) is 12.0 Å². The van der Waals surface area contributed by atoms with E-state index in [1.54, 1.807) is 6.92 Å². The number of carbonyl (C=O) groups excluding carboxylic acids is 2. The van der Waals surface area contributed by atoms with Crippen LogP contribution >= 0.6 is 0 Å². The van der Waals surface area contributed by atoms with Crippen LogP contribution in [0.15, 0.2) is 23.0 Å². The lowest BCUT2D eigenvalue weighted by Crippen LogP contribution is -2.45. The number of rotatable bonds is 2. The molecule has 1 atom stereocenters. The van der Waals surface area contributed by atoms with Crippen LogP contribution in [0.25, 0.3) is 10.9 Å². The Bertz CT molecular complexity index is 922. The Morgan fingerprint density at radius 1 is 1.24 bits per heavy atom. The van der Waals surface area contributed by atoms with Crippen LogP contribution in [0.3, 0.4) is 0 Å². The molecular weight excluding hydrogens is 318 g/mol. The fraction of sp³-hybridized carbons (Fsp3) is 0.474. The third-order valence-corrected chi connectivity index (χ3v) is 4.43. The molecule has 2 aromatic rings. The molecule has 2 heterocycles. The van der Waals surface area contributed by atoms with Crippen molar-refractivity contribution in [3.63, 3.8) is 0 Å². The summed E-state index contributed by atoms with van der Waals surface area (Å²) in [5.41, 5.74) is 1.39. The SMILES string of the molecule is Cc1nc2cccc(CC(C)(C)C)c2c(=O)n1C1CCC(=O)NC1=O. The molecular formula is C19H23N3O3. The number of nitrogens with one attached hydrogen (secondary N) is 1. The highest BCUT2D eigenvalue weighted by atomic mass is 16.2. The van der Waals surface area contributed by atoms with Gasteiger partial charge in [-0.1, -0.05) is 32.9 Å².